The van der Waals surface area contributed by atoms with Gasteiger partial charge in [0.05, 0.1) is 23.6 Å². The third-order valence-electron chi connectivity index (χ3n) is 4.52. The van der Waals surface area contributed by atoms with Crippen molar-refractivity contribution in [3.8, 4) is 22.8 Å². The molecule has 1 amide bonds. The normalized spacial score (nSPS) is 11.1. The zero-order chi connectivity index (χ0) is 19.8. The minimum atomic E-state index is -0.331. The van der Waals surface area contributed by atoms with Crippen LogP contribution >= 0.6 is 0 Å². The molecular weight excluding hydrogens is 370 g/mol. The van der Waals surface area contributed by atoms with Gasteiger partial charge in [0.15, 0.2) is 5.76 Å². The summed E-state index contributed by atoms with van der Waals surface area (Å²) in [5.74, 6) is 0.732. The Balaban J connectivity index is 1.41. The van der Waals surface area contributed by atoms with Gasteiger partial charge in [-0.15, -0.1) is 0 Å². The summed E-state index contributed by atoms with van der Waals surface area (Å²) in [4.78, 5) is 21.0. The van der Waals surface area contributed by atoms with E-state index in [1.165, 1.54) is 6.26 Å². The summed E-state index contributed by atoms with van der Waals surface area (Å²) in [6.07, 6.45) is 3.21. The first-order valence-corrected chi connectivity index (χ1v) is 8.88. The maximum absolute atomic E-state index is 12.2. The molecule has 0 saturated heterocycles. The van der Waals surface area contributed by atoms with Crippen LogP contribution in [-0.2, 0) is 7.05 Å². The first kappa shape index (κ1) is 16.9. The SMILES string of the molecule is Cn1cnc2cc(-c3noc(-c4cccc(NC(=O)c5ccco5)c4)n3)ccc21. The minimum absolute atomic E-state index is 0.236. The van der Waals surface area contributed by atoms with Crippen LogP contribution in [0.15, 0.2) is 76.1 Å². The Kier molecular flexibility index (Phi) is 3.94. The number of amides is 1. The molecular formula is C21H15N5O3. The Morgan fingerprint density at radius 2 is 2.00 bits per heavy atom. The summed E-state index contributed by atoms with van der Waals surface area (Å²) >= 11 is 0. The van der Waals surface area contributed by atoms with Crippen LogP contribution in [0.4, 0.5) is 5.69 Å². The van der Waals surface area contributed by atoms with E-state index in [1.54, 1.807) is 36.7 Å². The summed E-state index contributed by atoms with van der Waals surface area (Å²) < 4.78 is 12.5. The summed E-state index contributed by atoms with van der Waals surface area (Å²) in [5.41, 5.74) is 3.99. The standard InChI is InChI=1S/C21H15N5O3/c1-26-12-22-16-11-13(7-8-17(16)26)19-24-21(29-25-19)14-4-2-5-15(10-14)23-20(27)18-6-3-9-28-18/h2-12H,1H3,(H,23,27). The van der Waals surface area contributed by atoms with Gasteiger partial charge >= 0.3 is 0 Å². The fourth-order valence-electron chi connectivity index (χ4n) is 3.06. The summed E-state index contributed by atoms with van der Waals surface area (Å²) in [5, 5.41) is 6.87. The van der Waals surface area contributed by atoms with E-state index in [4.69, 9.17) is 8.94 Å². The topological polar surface area (TPSA) is 99.0 Å². The molecule has 8 heteroatoms. The van der Waals surface area contributed by atoms with Crippen molar-refractivity contribution in [1.29, 1.82) is 0 Å². The van der Waals surface area contributed by atoms with Crippen LogP contribution < -0.4 is 5.32 Å². The predicted molar refractivity (Wildman–Crippen MR) is 106 cm³/mol. The molecule has 0 fully saturated rings. The smallest absolute Gasteiger partial charge is 0.291 e. The number of carbonyl (C=O) groups is 1. The predicted octanol–water partition coefficient (Wildman–Crippen LogP) is 4.14. The number of anilines is 1. The molecule has 1 N–H and O–H groups in total. The monoisotopic (exact) mass is 385 g/mol. The third kappa shape index (κ3) is 3.16. The molecule has 0 saturated carbocycles. The van der Waals surface area contributed by atoms with Gasteiger partial charge in [-0.1, -0.05) is 11.2 Å². The highest BCUT2D eigenvalue weighted by atomic mass is 16.5. The van der Waals surface area contributed by atoms with E-state index >= 15 is 0 Å². The second-order valence-electron chi connectivity index (χ2n) is 6.49. The van der Waals surface area contributed by atoms with Gasteiger partial charge in [-0.2, -0.15) is 4.98 Å². The van der Waals surface area contributed by atoms with Gasteiger partial charge in [-0.25, -0.2) is 4.98 Å². The lowest BCUT2D eigenvalue weighted by atomic mass is 10.2. The molecule has 0 atom stereocenters. The molecule has 3 aromatic heterocycles. The molecule has 0 bridgehead atoms. The minimum Gasteiger partial charge on any atom is -0.459 e. The molecule has 3 heterocycles. The molecule has 29 heavy (non-hydrogen) atoms. The highest BCUT2D eigenvalue weighted by Gasteiger charge is 2.14. The maximum Gasteiger partial charge on any atom is 0.291 e. The number of nitrogens with zero attached hydrogens (tertiary/aromatic N) is 4. The van der Waals surface area contributed by atoms with Gasteiger partial charge < -0.3 is 18.8 Å². The molecule has 0 aliphatic rings. The lowest BCUT2D eigenvalue weighted by Gasteiger charge is -2.04. The second kappa shape index (κ2) is 6.75. The number of carbonyl (C=O) groups excluding carboxylic acids is 1. The van der Waals surface area contributed by atoms with Crippen LogP contribution in [0.5, 0.6) is 0 Å². The zero-order valence-corrected chi connectivity index (χ0v) is 15.4. The van der Waals surface area contributed by atoms with Gasteiger partial charge in [0, 0.05) is 23.9 Å². The Morgan fingerprint density at radius 1 is 1.07 bits per heavy atom. The van der Waals surface area contributed by atoms with Crippen molar-refractivity contribution in [2.75, 3.05) is 5.32 Å². The van der Waals surface area contributed by atoms with Gasteiger partial charge in [0.25, 0.3) is 11.8 Å². The van der Waals surface area contributed by atoms with E-state index in [9.17, 15) is 4.79 Å². The maximum atomic E-state index is 12.2. The highest BCUT2D eigenvalue weighted by Crippen LogP contribution is 2.26. The van der Waals surface area contributed by atoms with Crippen molar-refractivity contribution in [3.05, 3.63) is 72.9 Å². The molecule has 5 rings (SSSR count). The van der Waals surface area contributed by atoms with E-state index in [0.717, 1.165) is 16.6 Å². The van der Waals surface area contributed by atoms with E-state index in [-0.39, 0.29) is 11.7 Å². The first-order chi connectivity index (χ1) is 14.2. The molecule has 0 unspecified atom stereocenters. The number of furan rings is 1. The molecule has 0 spiro atoms. The Morgan fingerprint density at radius 3 is 2.86 bits per heavy atom. The lowest BCUT2D eigenvalue weighted by molar-refractivity contribution is 0.0996. The quantitative estimate of drug-likeness (QED) is 0.499. The molecule has 8 nitrogen and oxygen atoms in total. The summed E-state index contributed by atoms with van der Waals surface area (Å²) in [7, 11) is 1.94. The average Bonchev–Trinajstić information content (AvgIpc) is 3.49. The molecule has 142 valence electrons. The van der Waals surface area contributed by atoms with Crippen LogP contribution in [0, 0.1) is 0 Å². The number of imidazole rings is 1. The number of hydrogen-bond donors (Lipinski definition) is 1. The number of benzene rings is 2. The fourth-order valence-corrected chi connectivity index (χ4v) is 3.06. The highest BCUT2D eigenvalue weighted by molar-refractivity contribution is 6.02. The van der Waals surface area contributed by atoms with Crippen molar-refractivity contribution < 1.29 is 13.7 Å². The van der Waals surface area contributed by atoms with Crippen molar-refractivity contribution in [1.82, 2.24) is 19.7 Å². The number of aryl methyl sites for hydroxylation is 1. The van der Waals surface area contributed by atoms with E-state index < -0.39 is 0 Å². The Bertz CT molecular complexity index is 1320. The third-order valence-corrected chi connectivity index (χ3v) is 4.52. The first-order valence-electron chi connectivity index (χ1n) is 8.88. The van der Waals surface area contributed by atoms with Crippen molar-refractivity contribution in [3.63, 3.8) is 0 Å². The van der Waals surface area contributed by atoms with Crippen molar-refractivity contribution in [2.45, 2.75) is 0 Å². The van der Waals surface area contributed by atoms with Crippen LogP contribution in [0.3, 0.4) is 0 Å². The second-order valence-corrected chi connectivity index (χ2v) is 6.49. The van der Waals surface area contributed by atoms with Crippen molar-refractivity contribution in [2.24, 2.45) is 7.05 Å². The molecule has 5 aromatic rings. The number of aromatic nitrogens is 4. The molecule has 0 aliphatic heterocycles. The number of rotatable bonds is 4. The molecule has 2 aromatic carbocycles. The number of nitrogens with one attached hydrogen (secondary N) is 1. The van der Waals surface area contributed by atoms with Crippen LogP contribution in [0.25, 0.3) is 33.9 Å². The van der Waals surface area contributed by atoms with Gasteiger partial charge in [-0.3, -0.25) is 4.79 Å². The number of fused-ring (bicyclic) bond motifs is 1. The molecule has 0 aliphatic carbocycles. The number of hydrogen-bond acceptors (Lipinski definition) is 6. The fraction of sp³-hybridized carbons (Fsp3) is 0.0476. The van der Waals surface area contributed by atoms with Crippen LogP contribution in [0.1, 0.15) is 10.6 Å². The largest absolute Gasteiger partial charge is 0.459 e. The Hall–Kier alpha value is -4.20. The summed E-state index contributed by atoms with van der Waals surface area (Å²) in [6, 6.07) is 16.3. The lowest BCUT2D eigenvalue weighted by Crippen LogP contribution is -2.10. The van der Waals surface area contributed by atoms with Crippen molar-refractivity contribution >= 4 is 22.6 Å². The van der Waals surface area contributed by atoms with Gasteiger partial charge in [0.2, 0.25) is 5.82 Å². The zero-order valence-electron chi connectivity index (χ0n) is 15.4. The summed E-state index contributed by atoms with van der Waals surface area (Å²) in [6.45, 7) is 0. The van der Waals surface area contributed by atoms with Gasteiger partial charge in [-0.05, 0) is 48.5 Å². The van der Waals surface area contributed by atoms with Gasteiger partial charge in [0.1, 0.15) is 0 Å². The average molecular weight is 385 g/mol. The Labute approximate surface area is 164 Å². The van der Waals surface area contributed by atoms with Crippen LogP contribution in [0.2, 0.25) is 0 Å². The van der Waals surface area contributed by atoms with E-state index in [1.807, 2.05) is 35.9 Å². The van der Waals surface area contributed by atoms with Crippen LogP contribution in [-0.4, -0.2) is 25.6 Å². The van der Waals surface area contributed by atoms with E-state index in [0.29, 0.717) is 23.0 Å². The molecule has 0 radical (unpaired) electrons. The van der Waals surface area contributed by atoms with E-state index in [2.05, 4.69) is 20.4 Å².